The number of hydrogen-bond donors (Lipinski definition) is 0. The summed E-state index contributed by atoms with van der Waals surface area (Å²) in [4.78, 5) is 9.21. The van der Waals surface area contributed by atoms with E-state index in [1.165, 1.54) is 16.7 Å². The second kappa shape index (κ2) is 15.0. The van der Waals surface area contributed by atoms with Crippen molar-refractivity contribution < 1.29 is 24.8 Å². The molecule has 4 nitrogen and oxygen atoms in total. The van der Waals surface area contributed by atoms with E-state index in [1.54, 1.807) is 13.2 Å². The van der Waals surface area contributed by atoms with Crippen molar-refractivity contribution in [1.29, 1.82) is 0 Å². The van der Waals surface area contributed by atoms with Gasteiger partial charge in [-0.1, -0.05) is 88.4 Å². The number of rotatable bonds is 5. The summed E-state index contributed by atoms with van der Waals surface area (Å²) >= 11 is 0. The van der Waals surface area contributed by atoms with E-state index in [1.807, 2.05) is 36.4 Å². The fourth-order valence-electron chi connectivity index (χ4n) is 5.32. The minimum atomic E-state index is 0. The molecule has 5 heteroatoms. The van der Waals surface area contributed by atoms with Crippen LogP contribution in [-0.2, 0) is 20.1 Å². The molecule has 0 atom stereocenters. The third-order valence-corrected chi connectivity index (χ3v) is 7.63. The number of aromatic nitrogens is 2. The number of fused-ring (bicyclic) bond motifs is 2. The molecule has 0 fully saturated rings. The molecular formula is C40H36IrN3O. The van der Waals surface area contributed by atoms with Crippen molar-refractivity contribution in [2.45, 2.75) is 40.5 Å². The van der Waals surface area contributed by atoms with Gasteiger partial charge in [0, 0.05) is 0 Å². The maximum atomic E-state index is 9.17. The van der Waals surface area contributed by atoms with Gasteiger partial charge in [-0.05, 0) is 39.6 Å². The summed E-state index contributed by atoms with van der Waals surface area (Å²) in [6.07, 6.45) is 2.85. The molecule has 0 aliphatic heterocycles. The van der Waals surface area contributed by atoms with E-state index in [9.17, 15) is 0 Å². The van der Waals surface area contributed by atoms with E-state index in [0.717, 1.165) is 55.0 Å². The van der Waals surface area contributed by atoms with Gasteiger partial charge in [-0.25, -0.2) is 4.98 Å². The second-order valence-electron chi connectivity index (χ2n) is 11.2. The molecular weight excluding hydrogens is 731 g/mol. The summed E-state index contributed by atoms with van der Waals surface area (Å²) in [6, 6.07) is 37.3. The number of nitrogens with zero attached hydrogens (tertiary/aromatic N) is 3. The molecule has 0 saturated heterocycles. The van der Waals surface area contributed by atoms with Gasteiger partial charge in [0.2, 0.25) is 5.88 Å². The summed E-state index contributed by atoms with van der Waals surface area (Å²) < 4.78 is 5.47. The van der Waals surface area contributed by atoms with Gasteiger partial charge >= 0.3 is 20.1 Å². The molecule has 0 aliphatic carbocycles. The predicted molar refractivity (Wildman–Crippen MR) is 184 cm³/mol. The minimum Gasteiger partial charge on any atom is -0.811 e. The Balaban J connectivity index is 0.000000200. The van der Waals surface area contributed by atoms with Crippen molar-refractivity contribution in [3.8, 4) is 17.3 Å². The van der Waals surface area contributed by atoms with E-state index in [2.05, 4.69) is 111 Å². The van der Waals surface area contributed by atoms with Crippen LogP contribution in [0, 0.1) is 26.0 Å². The Labute approximate surface area is 279 Å². The summed E-state index contributed by atoms with van der Waals surface area (Å²) in [5, 5.41) is 14.6. The van der Waals surface area contributed by atoms with Crippen molar-refractivity contribution in [1.82, 2.24) is 9.97 Å². The third kappa shape index (κ3) is 7.80. The van der Waals surface area contributed by atoms with Crippen LogP contribution in [0.4, 0.5) is 0 Å². The van der Waals surface area contributed by atoms with Crippen LogP contribution in [0.25, 0.3) is 50.1 Å². The molecule has 0 radical (unpaired) electrons. The Morgan fingerprint density at radius 1 is 0.889 bits per heavy atom. The molecule has 0 amide bonds. The summed E-state index contributed by atoms with van der Waals surface area (Å²) in [7, 11) is 1.63. The Hall–Kier alpha value is -4.44. The zero-order chi connectivity index (χ0) is 31.2. The molecule has 6 rings (SSSR count). The number of ether oxygens (including phenoxy) is 1. The van der Waals surface area contributed by atoms with E-state index in [0.29, 0.717) is 17.6 Å². The Kier molecular flexibility index (Phi) is 11.2. The molecule has 0 saturated carbocycles. The number of benzene rings is 5. The fraction of sp³-hybridized carbons (Fsp3) is 0.175. The van der Waals surface area contributed by atoms with Gasteiger partial charge in [-0.3, -0.25) is 4.98 Å². The summed E-state index contributed by atoms with van der Waals surface area (Å²) in [5.41, 5.74) is 7.72. The van der Waals surface area contributed by atoms with Gasteiger partial charge in [0.1, 0.15) is 0 Å². The predicted octanol–water partition coefficient (Wildman–Crippen LogP) is 8.12. The quantitative estimate of drug-likeness (QED) is 0.101. The molecule has 226 valence electrons. The zero-order valence-corrected chi connectivity index (χ0v) is 28.9. The molecule has 0 spiro atoms. The first-order valence-corrected chi connectivity index (χ1v) is 14.8. The molecule has 0 aliphatic rings. The topological polar surface area (TPSA) is 57.3 Å². The van der Waals surface area contributed by atoms with E-state index in [-0.39, 0.29) is 20.1 Å². The first-order chi connectivity index (χ1) is 21.3. The van der Waals surface area contributed by atoms with Gasteiger partial charge in [-0.2, -0.15) is 6.21 Å². The third-order valence-electron chi connectivity index (χ3n) is 7.63. The van der Waals surface area contributed by atoms with Crippen LogP contribution in [0.5, 0.6) is 5.88 Å². The molecule has 6 aromatic rings. The van der Waals surface area contributed by atoms with Crippen LogP contribution in [0.15, 0.2) is 91.0 Å². The van der Waals surface area contributed by atoms with E-state index >= 15 is 0 Å². The molecule has 1 aromatic heterocycles. The second-order valence-corrected chi connectivity index (χ2v) is 11.2. The maximum Gasteiger partial charge on any atom is 3.00 e. The largest absolute Gasteiger partial charge is 3.00 e. The Morgan fingerprint density at radius 2 is 1.62 bits per heavy atom. The molecule has 45 heavy (non-hydrogen) atoms. The van der Waals surface area contributed by atoms with Gasteiger partial charge in [0.25, 0.3) is 0 Å². The normalized spacial score (nSPS) is 11.9. The van der Waals surface area contributed by atoms with Crippen molar-refractivity contribution in [3.05, 3.63) is 141 Å². The first kappa shape index (κ1) is 33.5. The Bertz CT molecular complexity index is 2070. The van der Waals surface area contributed by atoms with E-state index < -0.39 is 0 Å². The van der Waals surface area contributed by atoms with Crippen molar-refractivity contribution in [2.24, 2.45) is 0 Å². The van der Waals surface area contributed by atoms with Crippen molar-refractivity contribution >= 4 is 39.5 Å². The Morgan fingerprint density at radius 3 is 2.27 bits per heavy atom. The summed E-state index contributed by atoms with van der Waals surface area (Å²) in [6.45, 7) is 10.7. The van der Waals surface area contributed by atoms with Crippen molar-refractivity contribution in [2.75, 3.05) is 7.11 Å². The molecule has 0 N–H and O–H groups in total. The molecule has 1 heterocycles. The monoisotopic (exact) mass is 767 g/mol. The van der Waals surface area contributed by atoms with Gasteiger partial charge in [0.05, 0.1) is 23.8 Å². The summed E-state index contributed by atoms with van der Waals surface area (Å²) in [5.74, 6) is 1.69. The van der Waals surface area contributed by atoms with Crippen LogP contribution in [0.3, 0.4) is 0 Å². The average Bonchev–Trinajstić information content (AvgIpc) is 3.03. The van der Waals surface area contributed by atoms with Crippen LogP contribution >= 0.6 is 0 Å². The van der Waals surface area contributed by atoms with Crippen LogP contribution in [-0.4, -0.2) is 23.3 Å². The number of hydrogen-bond acceptors (Lipinski definition) is 3. The fourth-order valence-corrected chi connectivity index (χ4v) is 5.32. The molecule has 0 unspecified atom stereocenters. The first-order valence-electron chi connectivity index (χ1n) is 14.8. The smallest absolute Gasteiger partial charge is 0.811 e. The van der Waals surface area contributed by atoms with Gasteiger partial charge < -0.3 is 10.1 Å². The standard InChI is InChI=1S/C21H23N.C19H13N2O.Ir/c1-14(2)19-7-6-18(8-9-22)21(13-19)17(5)20-11-15(3)10-16(4)12-20;1-22-19-16-11-14-9-5-6-10-15(14)12-17(16)20-18(21-19)13-7-3-2-4-8-13;/h6-11,13-14H,1-5H3;2-7,9-12H,1H3;/q-2;-1;+3/b18-8-,21-17+;;. The molecule has 0 bridgehead atoms. The minimum absolute atomic E-state index is 0. The number of methoxy groups -OCH3 is 1. The van der Waals surface area contributed by atoms with Crippen LogP contribution in [0.2, 0.25) is 0 Å². The average molecular weight is 767 g/mol. The number of aryl methyl sites for hydroxylation is 2. The zero-order valence-electron chi connectivity index (χ0n) is 26.5. The molecule has 5 aromatic carbocycles. The maximum absolute atomic E-state index is 9.17. The van der Waals surface area contributed by atoms with Crippen LogP contribution < -0.4 is 15.2 Å². The van der Waals surface area contributed by atoms with Crippen LogP contribution in [0.1, 0.15) is 48.9 Å². The van der Waals surface area contributed by atoms with Crippen molar-refractivity contribution in [3.63, 3.8) is 0 Å². The van der Waals surface area contributed by atoms with E-state index in [4.69, 9.17) is 10.1 Å². The van der Waals surface area contributed by atoms with Gasteiger partial charge in [-0.15, -0.1) is 76.4 Å². The van der Waals surface area contributed by atoms with Gasteiger partial charge in [0.15, 0.2) is 0 Å². The SMILES string of the molecule is C/C(c1[c-]c(C)cc(C)c1)=c1/cc(C(C)C)cc/c1=C/C=[N-].COc1nc(-c2[c-]cccc2)nc2cc3ccccc3cc12.[Ir+3].